The number of amides is 2. The van der Waals surface area contributed by atoms with E-state index >= 15 is 0 Å². The van der Waals surface area contributed by atoms with Gasteiger partial charge in [-0.3, -0.25) is 14.6 Å². The number of pyridine rings is 1. The number of rotatable bonds is 4. The molecule has 0 unspecified atom stereocenters. The van der Waals surface area contributed by atoms with Crippen LogP contribution in [0.1, 0.15) is 29.4 Å². The Labute approximate surface area is 151 Å². The van der Waals surface area contributed by atoms with Crippen LogP contribution < -0.4 is 11.1 Å². The van der Waals surface area contributed by atoms with E-state index in [1.807, 2.05) is 13.0 Å². The Kier molecular flexibility index (Phi) is 5.22. The van der Waals surface area contributed by atoms with Crippen LogP contribution in [0.5, 0.6) is 0 Å². The summed E-state index contributed by atoms with van der Waals surface area (Å²) in [5, 5.41) is 2.76. The summed E-state index contributed by atoms with van der Waals surface area (Å²) in [4.78, 5) is 39.5. The van der Waals surface area contributed by atoms with Gasteiger partial charge in [-0.1, -0.05) is 0 Å². The van der Waals surface area contributed by atoms with Crippen molar-refractivity contribution in [1.82, 2.24) is 25.2 Å². The molecule has 3 N–H and O–H groups in total. The highest BCUT2D eigenvalue weighted by Gasteiger charge is 2.38. The van der Waals surface area contributed by atoms with E-state index < -0.39 is 6.04 Å². The summed E-state index contributed by atoms with van der Waals surface area (Å²) < 4.78 is 0. The van der Waals surface area contributed by atoms with Crippen LogP contribution in [0.3, 0.4) is 0 Å². The lowest BCUT2D eigenvalue weighted by atomic mass is 10.1. The fraction of sp³-hybridized carbons (Fsp3) is 0.389. The largest absolute Gasteiger partial charge is 0.355 e. The summed E-state index contributed by atoms with van der Waals surface area (Å²) in [5.41, 5.74) is 7.70. The first-order chi connectivity index (χ1) is 12.5. The second kappa shape index (κ2) is 7.57. The fourth-order valence-corrected chi connectivity index (χ4v) is 3.10. The highest BCUT2D eigenvalue weighted by atomic mass is 16.2. The number of nitrogens with two attached hydrogens (primary N) is 1. The molecule has 1 fully saturated rings. The van der Waals surface area contributed by atoms with Crippen molar-refractivity contribution in [3.63, 3.8) is 0 Å². The van der Waals surface area contributed by atoms with Gasteiger partial charge >= 0.3 is 0 Å². The van der Waals surface area contributed by atoms with Gasteiger partial charge in [0.1, 0.15) is 6.04 Å². The lowest BCUT2D eigenvalue weighted by molar-refractivity contribution is -0.124. The van der Waals surface area contributed by atoms with E-state index in [1.54, 1.807) is 25.4 Å². The number of nitrogens with one attached hydrogen (secondary N) is 1. The van der Waals surface area contributed by atoms with Gasteiger partial charge in [0, 0.05) is 43.3 Å². The number of carbonyl (C=O) groups excluding carboxylic acids is 2. The monoisotopic (exact) mass is 354 g/mol. The lowest BCUT2D eigenvalue weighted by Crippen LogP contribution is -2.46. The maximum Gasteiger partial charge on any atom is 0.258 e. The van der Waals surface area contributed by atoms with E-state index in [4.69, 9.17) is 5.73 Å². The topological polar surface area (TPSA) is 114 Å². The Morgan fingerprint density at radius 1 is 1.38 bits per heavy atom. The highest BCUT2D eigenvalue weighted by molar-refractivity contribution is 5.98. The molecule has 8 nitrogen and oxygen atoms in total. The fourth-order valence-electron chi connectivity index (χ4n) is 3.10. The zero-order chi connectivity index (χ0) is 18.7. The third-order valence-electron chi connectivity index (χ3n) is 4.38. The predicted molar refractivity (Wildman–Crippen MR) is 96.1 cm³/mol. The van der Waals surface area contributed by atoms with Gasteiger partial charge in [-0.05, 0) is 32.4 Å². The molecule has 3 rings (SSSR count). The normalized spacial score (nSPS) is 19.4. The number of nitrogens with zero attached hydrogens (tertiary/aromatic N) is 4. The molecule has 0 spiro atoms. The van der Waals surface area contributed by atoms with Crippen LogP contribution in [0.2, 0.25) is 0 Å². The third-order valence-corrected chi connectivity index (χ3v) is 4.38. The molecule has 8 heteroatoms. The molecule has 0 aliphatic carbocycles. The zero-order valence-corrected chi connectivity index (χ0v) is 14.8. The summed E-state index contributed by atoms with van der Waals surface area (Å²) in [6.07, 6.45) is 5.30. The molecule has 1 aliphatic heterocycles. The minimum Gasteiger partial charge on any atom is -0.355 e. The van der Waals surface area contributed by atoms with Crippen LogP contribution in [0.25, 0.3) is 11.4 Å². The Balaban J connectivity index is 1.86. The van der Waals surface area contributed by atoms with E-state index in [2.05, 4.69) is 20.3 Å². The summed E-state index contributed by atoms with van der Waals surface area (Å²) >= 11 is 0. The van der Waals surface area contributed by atoms with E-state index in [9.17, 15) is 9.59 Å². The minimum absolute atomic E-state index is 0.181. The summed E-state index contributed by atoms with van der Waals surface area (Å²) in [6.45, 7) is 4.44. The molecule has 2 aromatic rings. The van der Waals surface area contributed by atoms with Crippen molar-refractivity contribution < 1.29 is 9.59 Å². The number of hydrogen-bond donors (Lipinski definition) is 2. The molecule has 26 heavy (non-hydrogen) atoms. The molecule has 0 bridgehead atoms. The van der Waals surface area contributed by atoms with Crippen LogP contribution in [0.15, 0.2) is 30.7 Å². The van der Waals surface area contributed by atoms with E-state index in [0.29, 0.717) is 36.6 Å². The van der Waals surface area contributed by atoms with Gasteiger partial charge < -0.3 is 16.0 Å². The molecule has 3 heterocycles. The zero-order valence-electron chi connectivity index (χ0n) is 14.8. The van der Waals surface area contributed by atoms with Crippen LogP contribution >= 0.6 is 0 Å². The number of likely N-dealkylation sites (tertiary alicyclic amines) is 1. The molecule has 2 atom stereocenters. The van der Waals surface area contributed by atoms with Crippen molar-refractivity contribution in [3.8, 4) is 11.4 Å². The predicted octanol–water partition coefficient (Wildman–Crippen LogP) is 0.525. The van der Waals surface area contributed by atoms with E-state index in [0.717, 1.165) is 5.56 Å². The van der Waals surface area contributed by atoms with Crippen molar-refractivity contribution in [2.75, 3.05) is 13.1 Å². The Hall–Kier alpha value is -2.87. The Bertz CT molecular complexity index is 811. The number of hydrogen-bond acceptors (Lipinski definition) is 6. The average Bonchev–Trinajstić information content (AvgIpc) is 3.04. The molecule has 0 radical (unpaired) electrons. The van der Waals surface area contributed by atoms with Crippen molar-refractivity contribution in [2.24, 2.45) is 5.73 Å². The van der Waals surface area contributed by atoms with Gasteiger partial charge in [-0.2, -0.15) is 0 Å². The first-order valence-electron chi connectivity index (χ1n) is 8.59. The van der Waals surface area contributed by atoms with Crippen LogP contribution in [0.4, 0.5) is 0 Å². The van der Waals surface area contributed by atoms with Gasteiger partial charge in [0.25, 0.3) is 5.91 Å². The molecular weight excluding hydrogens is 332 g/mol. The third kappa shape index (κ3) is 3.55. The molecule has 2 amide bonds. The molecule has 2 aromatic heterocycles. The molecule has 0 saturated carbocycles. The standard InChI is InChI=1S/C18H22N6O2/c1-3-21-17(25)15-7-13(19)10-24(15)18(26)14-9-22-16(23-11(14)2)12-5-4-6-20-8-12/h4-6,8-9,13,15H,3,7,10,19H2,1-2H3,(H,21,25)/t13-,15-/m0/s1. The van der Waals surface area contributed by atoms with E-state index in [-0.39, 0.29) is 17.9 Å². The number of aromatic nitrogens is 3. The van der Waals surface area contributed by atoms with Gasteiger partial charge in [-0.15, -0.1) is 0 Å². The van der Waals surface area contributed by atoms with Gasteiger partial charge in [0.15, 0.2) is 5.82 Å². The molecule has 1 aliphatic rings. The summed E-state index contributed by atoms with van der Waals surface area (Å²) in [5.74, 6) is 0.0503. The maximum atomic E-state index is 13.0. The van der Waals surface area contributed by atoms with Gasteiger partial charge in [0.2, 0.25) is 5.91 Å². The van der Waals surface area contributed by atoms with Crippen molar-refractivity contribution >= 4 is 11.8 Å². The number of carbonyl (C=O) groups is 2. The summed E-state index contributed by atoms with van der Waals surface area (Å²) in [6, 6.07) is 2.88. The van der Waals surface area contributed by atoms with Crippen LogP contribution in [-0.4, -0.2) is 56.8 Å². The second-order valence-corrected chi connectivity index (χ2v) is 6.30. The molecule has 1 saturated heterocycles. The first kappa shape index (κ1) is 17.9. The van der Waals surface area contributed by atoms with Crippen molar-refractivity contribution in [1.29, 1.82) is 0 Å². The average molecular weight is 354 g/mol. The minimum atomic E-state index is -0.560. The van der Waals surface area contributed by atoms with Gasteiger partial charge in [-0.25, -0.2) is 9.97 Å². The van der Waals surface area contributed by atoms with Crippen molar-refractivity contribution in [3.05, 3.63) is 42.0 Å². The van der Waals surface area contributed by atoms with Crippen LogP contribution in [-0.2, 0) is 4.79 Å². The van der Waals surface area contributed by atoms with Crippen LogP contribution in [0, 0.1) is 6.92 Å². The maximum absolute atomic E-state index is 13.0. The van der Waals surface area contributed by atoms with Crippen molar-refractivity contribution in [2.45, 2.75) is 32.4 Å². The quantitative estimate of drug-likeness (QED) is 0.827. The smallest absolute Gasteiger partial charge is 0.258 e. The SMILES string of the molecule is CCNC(=O)[C@@H]1C[C@H](N)CN1C(=O)c1cnc(-c2cccnc2)nc1C. The summed E-state index contributed by atoms with van der Waals surface area (Å²) in [7, 11) is 0. The molecule has 136 valence electrons. The number of aryl methyl sites for hydroxylation is 1. The number of likely N-dealkylation sites (N-methyl/N-ethyl adjacent to an activating group) is 1. The van der Waals surface area contributed by atoms with E-state index in [1.165, 1.54) is 11.1 Å². The Morgan fingerprint density at radius 3 is 2.85 bits per heavy atom. The van der Waals surface area contributed by atoms with Gasteiger partial charge in [0.05, 0.1) is 11.3 Å². The molecular formula is C18H22N6O2. The second-order valence-electron chi connectivity index (χ2n) is 6.30. The molecule has 0 aromatic carbocycles. The Morgan fingerprint density at radius 2 is 2.19 bits per heavy atom. The first-order valence-corrected chi connectivity index (χ1v) is 8.59. The highest BCUT2D eigenvalue weighted by Crippen LogP contribution is 2.22. The lowest BCUT2D eigenvalue weighted by Gasteiger charge is -2.24.